The molecule has 2 aromatic rings. The third-order valence-corrected chi connectivity index (χ3v) is 3.72. The summed E-state index contributed by atoms with van der Waals surface area (Å²) in [6.07, 6.45) is 2.59. The predicted molar refractivity (Wildman–Crippen MR) is 84.7 cm³/mol. The lowest BCUT2D eigenvalue weighted by Gasteiger charge is -2.26. The monoisotopic (exact) mass is 286 g/mol. The highest BCUT2D eigenvalue weighted by atomic mass is 16.5. The molecule has 0 fully saturated rings. The van der Waals surface area contributed by atoms with Gasteiger partial charge in [-0.15, -0.1) is 0 Å². The first-order valence-electron chi connectivity index (χ1n) is 7.06. The van der Waals surface area contributed by atoms with Gasteiger partial charge >= 0.3 is 0 Å². The van der Waals surface area contributed by atoms with Crippen molar-refractivity contribution in [2.75, 3.05) is 19.1 Å². The number of anilines is 1. The van der Waals surface area contributed by atoms with Crippen molar-refractivity contribution >= 4 is 5.82 Å². The number of rotatable bonds is 6. The van der Waals surface area contributed by atoms with Gasteiger partial charge in [0.05, 0.1) is 13.7 Å². The van der Waals surface area contributed by atoms with Crippen molar-refractivity contribution in [3.05, 3.63) is 53.7 Å². The smallest absolute Gasteiger partial charge is 0.128 e. The lowest BCUT2D eigenvalue weighted by atomic mass is 10.1. The number of ether oxygens (including phenoxy) is 1. The summed E-state index contributed by atoms with van der Waals surface area (Å²) in [6.45, 7) is 2.18. The maximum atomic E-state index is 9.06. The Kier molecular flexibility index (Phi) is 5.17. The van der Waals surface area contributed by atoms with Crippen LogP contribution in [-0.2, 0) is 13.0 Å². The van der Waals surface area contributed by atoms with Crippen LogP contribution in [0.3, 0.4) is 0 Å². The van der Waals surface area contributed by atoms with Gasteiger partial charge in [0.15, 0.2) is 0 Å². The van der Waals surface area contributed by atoms with Gasteiger partial charge in [0, 0.05) is 19.3 Å². The summed E-state index contributed by atoms with van der Waals surface area (Å²) in [4.78, 5) is 6.52. The highest BCUT2D eigenvalue weighted by Gasteiger charge is 2.14. The minimum absolute atomic E-state index is 0.0216. The number of aromatic nitrogens is 1. The molecule has 0 amide bonds. The number of aliphatic hydroxyl groups excluding tert-OH is 1. The summed E-state index contributed by atoms with van der Waals surface area (Å²) >= 11 is 0. The molecule has 0 aliphatic heterocycles. The molecule has 1 aromatic heterocycles. The molecular formula is C17H22N2O2. The molecule has 0 aliphatic carbocycles. The molecule has 1 atom stereocenters. The first kappa shape index (κ1) is 15.3. The van der Waals surface area contributed by atoms with Gasteiger partial charge in [0.1, 0.15) is 11.6 Å². The van der Waals surface area contributed by atoms with Crippen LogP contribution < -0.4 is 9.64 Å². The van der Waals surface area contributed by atoms with Crippen LogP contribution in [0.2, 0.25) is 0 Å². The van der Waals surface area contributed by atoms with Crippen LogP contribution in [0, 0.1) is 0 Å². The molecule has 0 spiro atoms. The SMILES string of the molecule is COc1ccccc1CC(C)N(C)c1ccc(CO)cn1. The molecular weight excluding hydrogens is 264 g/mol. The standard InChI is InChI=1S/C17H22N2O2/c1-13(10-15-6-4-5-7-16(15)21-3)19(2)17-9-8-14(12-20)11-18-17/h4-9,11,13,20H,10,12H2,1-3H3. The van der Waals surface area contributed by atoms with Crippen molar-refractivity contribution in [3.8, 4) is 5.75 Å². The third-order valence-electron chi connectivity index (χ3n) is 3.72. The Bertz CT molecular complexity index is 569. The fourth-order valence-electron chi connectivity index (χ4n) is 2.27. The second-order valence-corrected chi connectivity index (χ2v) is 5.16. The van der Waals surface area contributed by atoms with Crippen molar-refractivity contribution in [3.63, 3.8) is 0 Å². The van der Waals surface area contributed by atoms with Crippen LogP contribution in [0.1, 0.15) is 18.1 Å². The van der Waals surface area contributed by atoms with Gasteiger partial charge in [-0.3, -0.25) is 0 Å². The highest BCUT2D eigenvalue weighted by molar-refractivity contribution is 5.41. The molecule has 4 nitrogen and oxygen atoms in total. The van der Waals surface area contributed by atoms with Crippen LogP contribution in [0.5, 0.6) is 5.75 Å². The Morgan fingerprint density at radius 1 is 1.24 bits per heavy atom. The van der Waals surface area contributed by atoms with Crippen LogP contribution in [-0.4, -0.2) is 30.3 Å². The Labute approximate surface area is 126 Å². The van der Waals surface area contributed by atoms with Gasteiger partial charge in [-0.25, -0.2) is 4.98 Å². The fraction of sp³-hybridized carbons (Fsp3) is 0.353. The van der Waals surface area contributed by atoms with E-state index in [9.17, 15) is 0 Å². The quantitative estimate of drug-likeness (QED) is 0.887. The van der Waals surface area contributed by atoms with Gasteiger partial charge in [-0.1, -0.05) is 24.3 Å². The fourth-order valence-corrected chi connectivity index (χ4v) is 2.27. The molecule has 112 valence electrons. The number of likely N-dealkylation sites (N-methyl/N-ethyl adjacent to an activating group) is 1. The molecule has 1 aromatic carbocycles. The molecule has 2 rings (SSSR count). The molecule has 0 bridgehead atoms. The summed E-state index contributed by atoms with van der Waals surface area (Å²) < 4.78 is 5.40. The van der Waals surface area contributed by atoms with E-state index in [4.69, 9.17) is 9.84 Å². The summed E-state index contributed by atoms with van der Waals surface area (Å²) in [5.74, 6) is 1.82. The second kappa shape index (κ2) is 7.09. The van der Waals surface area contributed by atoms with E-state index in [1.54, 1.807) is 13.3 Å². The van der Waals surface area contributed by atoms with Gasteiger partial charge in [-0.05, 0) is 36.6 Å². The normalized spacial score (nSPS) is 12.0. The second-order valence-electron chi connectivity index (χ2n) is 5.16. The number of pyridine rings is 1. The number of methoxy groups -OCH3 is 1. The van der Waals surface area contributed by atoms with E-state index < -0.39 is 0 Å². The highest BCUT2D eigenvalue weighted by Crippen LogP contribution is 2.22. The van der Waals surface area contributed by atoms with E-state index in [-0.39, 0.29) is 12.6 Å². The molecule has 21 heavy (non-hydrogen) atoms. The maximum Gasteiger partial charge on any atom is 0.128 e. The molecule has 0 aliphatic rings. The number of hydrogen-bond donors (Lipinski definition) is 1. The van der Waals surface area contributed by atoms with Crippen molar-refractivity contribution in [2.45, 2.75) is 26.0 Å². The lowest BCUT2D eigenvalue weighted by molar-refractivity contribution is 0.281. The zero-order valence-electron chi connectivity index (χ0n) is 12.8. The minimum Gasteiger partial charge on any atom is -0.496 e. The van der Waals surface area contributed by atoms with E-state index >= 15 is 0 Å². The van der Waals surface area contributed by atoms with E-state index in [1.807, 2.05) is 37.4 Å². The molecule has 1 heterocycles. The predicted octanol–water partition coefficient (Wildman–Crippen LogP) is 2.65. The summed E-state index contributed by atoms with van der Waals surface area (Å²) in [5.41, 5.74) is 2.01. The number of hydrogen-bond acceptors (Lipinski definition) is 4. The molecule has 1 unspecified atom stereocenters. The Morgan fingerprint density at radius 3 is 2.62 bits per heavy atom. The van der Waals surface area contributed by atoms with Gasteiger partial charge in [-0.2, -0.15) is 0 Å². The van der Waals surface area contributed by atoms with Crippen molar-refractivity contribution < 1.29 is 9.84 Å². The number of para-hydroxylation sites is 1. The van der Waals surface area contributed by atoms with Crippen molar-refractivity contribution in [1.82, 2.24) is 4.98 Å². The average Bonchev–Trinajstić information content (AvgIpc) is 2.54. The van der Waals surface area contributed by atoms with Crippen molar-refractivity contribution in [1.29, 1.82) is 0 Å². The van der Waals surface area contributed by atoms with Crippen LogP contribution in [0.25, 0.3) is 0 Å². The van der Waals surface area contributed by atoms with Crippen molar-refractivity contribution in [2.24, 2.45) is 0 Å². The van der Waals surface area contributed by atoms with Crippen LogP contribution in [0.4, 0.5) is 5.82 Å². The Hall–Kier alpha value is -2.07. The first-order valence-corrected chi connectivity index (χ1v) is 7.06. The van der Waals surface area contributed by atoms with Crippen LogP contribution >= 0.6 is 0 Å². The topological polar surface area (TPSA) is 45.6 Å². The molecule has 1 N–H and O–H groups in total. The number of aliphatic hydroxyl groups is 1. The van der Waals surface area contributed by atoms with E-state index in [0.717, 1.165) is 23.6 Å². The lowest BCUT2D eigenvalue weighted by Crippen LogP contribution is -2.31. The van der Waals surface area contributed by atoms with E-state index in [0.29, 0.717) is 0 Å². The molecule has 0 saturated heterocycles. The summed E-state index contributed by atoms with van der Waals surface area (Å²) in [7, 11) is 3.73. The minimum atomic E-state index is 0.0216. The van der Waals surface area contributed by atoms with Gasteiger partial charge in [0.2, 0.25) is 0 Å². The third kappa shape index (κ3) is 3.73. The van der Waals surface area contributed by atoms with Crippen LogP contribution in [0.15, 0.2) is 42.6 Å². The summed E-state index contributed by atoms with van der Waals surface area (Å²) in [6, 6.07) is 12.2. The zero-order chi connectivity index (χ0) is 15.2. The first-order chi connectivity index (χ1) is 10.2. The van der Waals surface area contributed by atoms with E-state index in [1.165, 1.54) is 5.56 Å². The van der Waals surface area contributed by atoms with E-state index in [2.05, 4.69) is 22.9 Å². The van der Waals surface area contributed by atoms with Gasteiger partial charge in [0.25, 0.3) is 0 Å². The molecule has 4 heteroatoms. The number of benzene rings is 1. The largest absolute Gasteiger partial charge is 0.496 e. The molecule has 0 radical (unpaired) electrons. The molecule has 0 saturated carbocycles. The maximum absolute atomic E-state index is 9.06. The Balaban J connectivity index is 2.09. The summed E-state index contributed by atoms with van der Waals surface area (Å²) in [5, 5.41) is 9.06. The zero-order valence-corrected chi connectivity index (χ0v) is 12.8. The average molecular weight is 286 g/mol. The number of nitrogens with zero attached hydrogens (tertiary/aromatic N) is 2. The Morgan fingerprint density at radius 2 is 2.00 bits per heavy atom. The van der Waals surface area contributed by atoms with Gasteiger partial charge < -0.3 is 14.7 Å².